The first kappa shape index (κ1) is 12.7. The van der Waals surface area contributed by atoms with Gasteiger partial charge in [-0.1, -0.05) is 18.2 Å². The highest BCUT2D eigenvalue weighted by Crippen LogP contribution is 2.32. The normalized spacial score (nSPS) is 16.6. The van der Waals surface area contributed by atoms with Crippen molar-refractivity contribution in [3.05, 3.63) is 47.7 Å². The molecule has 0 bridgehead atoms. The zero-order valence-electron chi connectivity index (χ0n) is 11.3. The number of hydrogen-bond acceptors (Lipinski definition) is 4. The van der Waals surface area contributed by atoms with Crippen LogP contribution in [0.5, 0.6) is 0 Å². The minimum Gasteiger partial charge on any atom is -0.444 e. The molecule has 1 amide bonds. The molecule has 2 N–H and O–H groups in total. The summed E-state index contributed by atoms with van der Waals surface area (Å²) in [4.78, 5) is 16.0. The average Bonchev–Trinajstić information content (AvgIpc) is 3.04. The van der Waals surface area contributed by atoms with Gasteiger partial charge in [-0.25, -0.2) is 4.98 Å². The second kappa shape index (κ2) is 5.36. The number of nitrogens with one attached hydrogen (secondary N) is 2. The number of para-hydroxylation sites is 1. The first-order valence-electron chi connectivity index (χ1n) is 6.73. The molecule has 3 rings (SSSR count). The molecule has 5 nitrogen and oxygen atoms in total. The van der Waals surface area contributed by atoms with Crippen LogP contribution >= 0.6 is 0 Å². The van der Waals surface area contributed by atoms with E-state index < -0.39 is 0 Å². The van der Waals surface area contributed by atoms with Crippen LogP contribution in [0.15, 0.2) is 34.9 Å². The van der Waals surface area contributed by atoms with Crippen LogP contribution in [0.2, 0.25) is 0 Å². The van der Waals surface area contributed by atoms with Crippen molar-refractivity contribution >= 4 is 11.6 Å². The largest absolute Gasteiger partial charge is 0.444 e. The standard InChI is InChI=1S/C15H17N3O2/c1-10-7-18-15(20-10)9-17-14(19)6-11-8-16-13-5-3-2-4-12(11)13/h2-5,7,11,16H,6,8-9H2,1H3,(H,17,19). The van der Waals surface area contributed by atoms with E-state index in [-0.39, 0.29) is 11.8 Å². The minimum absolute atomic E-state index is 0.0179. The van der Waals surface area contributed by atoms with Gasteiger partial charge in [0, 0.05) is 24.6 Å². The molecule has 1 atom stereocenters. The Morgan fingerprint density at radius 2 is 2.35 bits per heavy atom. The van der Waals surface area contributed by atoms with Gasteiger partial charge in [0.05, 0.1) is 12.7 Å². The molecule has 0 saturated carbocycles. The fourth-order valence-electron chi connectivity index (χ4n) is 2.49. The maximum Gasteiger partial charge on any atom is 0.221 e. The van der Waals surface area contributed by atoms with Gasteiger partial charge in [-0.2, -0.15) is 0 Å². The number of carbonyl (C=O) groups excluding carboxylic acids is 1. The van der Waals surface area contributed by atoms with Gasteiger partial charge in [-0.15, -0.1) is 0 Å². The van der Waals surface area contributed by atoms with Crippen molar-refractivity contribution in [1.29, 1.82) is 0 Å². The molecule has 1 aliphatic heterocycles. The lowest BCUT2D eigenvalue weighted by Gasteiger charge is -2.09. The maximum atomic E-state index is 12.0. The summed E-state index contributed by atoms with van der Waals surface area (Å²) < 4.78 is 5.32. The molecule has 0 spiro atoms. The third-order valence-corrected chi connectivity index (χ3v) is 3.48. The van der Waals surface area contributed by atoms with Crippen LogP contribution < -0.4 is 10.6 Å². The molecule has 104 valence electrons. The van der Waals surface area contributed by atoms with Crippen LogP contribution in [0.3, 0.4) is 0 Å². The third kappa shape index (κ3) is 2.66. The molecule has 0 radical (unpaired) electrons. The molecule has 0 fully saturated rings. The van der Waals surface area contributed by atoms with E-state index in [4.69, 9.17) is 4.42 Å². The fourth-order valence-corrected chi connectivity index (χ4v) is 2.49. The minimum atomic E-state index is 0.0179. The van der Waals surface area contributed by atoms with Crippen LogP contribution in [0.25, 0.3) is 0 Å². The highest BCUT2D eigenvalue weighted by Gasteiger charge is 2.23. The van der Waals surface area contributed by atoms with E-state index in [1.54, 1.807) is 6.20 Å². The molecule has 1 aliphatic rings. The Kier molecular flexibility index (Phi) is 3.41. The lowest BCUT2D eigenvalue weighted by Crippen LogP contribution is -2.25. The third-order valence-electron chi connectivity index (χ3n) is 3.48. The molecule has 0 aliphatic carbocycles. The summed E-state index contributed by atoms with van der Waals surface area (Å²) in [6, 6.07) is 8.12. The Balaban J connectivity index is 1.55. The number of nitrogens with zero attached hydrogens (tertiary/aromatic N) is 1. The Morgan fingerprint density at radius 3 is 3.15 bits per heavy atom. The van der Waals surface area contributed by atoms with E-state index in [9.17, 15) is 4.79 Å². The lowest BCUT2D eigenvalue weighted by atomic mass is 9.98. The summed E-state index contributed by atoms with van der Waals surface area (Å²) in [5.41, 5.74) is 2.35. The number of aromatic nitrogens is 1. The molecule has 2 aromatic rings. The zero-order valence-corrected chi connectivity index (χ0v) is 11.3. The number of oxazole rings is 1. The Bertz CT molecular complexity index is 621. The molecule has 5 heteroatoms. The topological polar surface area (TPSA) is 67.2 Å². The molecular formula is C15H17N3O2. The zero-order chi connectivity index (χ0) is 13.9. The van der Waals surface area contributed by atoms with Crippen LogP contribution in [0, 0.1) is 6.92 Å². The molecule has 1 aromatic heterocycles. The number of carbonyl (C=O) groups is 1. The SMILES string of the molecule is Cc1cnc(CNC(=O)CC2CNc3ccccc32)o1. The summed E-state index contributed by atoms with van der Waals surface area (Å²) in [6.45, 7) is 2.98. The summed E-state index contributed by atoms with van der Waals surface area (Å²) in [6.07, 6.45) is 2.13. The van der Waals surface area contributed by atoms with Gasteiger partial charge in [-0.3, -0.25) is 4.79 Å². The average molecular weight is 271 g/mol. The maximum absolute atomic E-state index is 12.0. The van der Waals surface area contributed by atoms with Gasteiger partial charge in [0.15, 0.2) is 0 Å². The second-order valence-electron chi connectivity index (χ2n) is 5.01. The number of benzene rings is 1. The van der Waals surface area contributed by atoms with Crippen LogP contribution in [0.4, 0.5) is 5.69 Å². The smallest absolute Gasteiger partial charge is 0.221 e. The summed E-state index contributed by atoms with van der Waals surface area (Å²) in [5.74, 6) is 1.55. The molecule has 0 saturated heterocycles. The quantitative estimate of drug-likeness (QED) is 0.894. The summed E-state index contributed by atoms with van der Waals surface area (Å²) in [5, 5.41) is 6.17. The van der Waals surface area contributed by atoms with Crippen molar-refractivity contribution in [3.63, 3.8) is 0 Å². The number of anilines is 1. The van der Waals surface area contributed by atoms with Gasteiger partial charge >= 0.3 is 0 Å². The van der Waals surface area contributed by atoms with Crippen LogP contribution in [-0.2, 0) is 11.3 Å². The summed E-state index contributed by atoms with van der Waals surface area (Å²) in [7, 11) is 0. The van der Waals surface area contributed by atoms with Gasteiger partial charge in [0.25, 0.3) is 0 Å². The first-order valence-corrected chi connectivity index (χ1v) is 6.73. The van der Waals surface area contributed by atoms with Crippen molar-refractivity contribution in [2.75, 3.05) is 11.9 Å². The monoisotopic (exact) mass is 271 g/mol. The molecule has 20 heavy (non-hydrogen) atoms. The van der Waals surface area contributed by atoms with Gasteiger partial charge in [0.2, 0.25) is 11.8 Å². The summed E-state index contributed by atoms with van der Waals surface area (Å²) >= 11 is 0. The number of amides is 1. The van der Waals surface area contributed by atoms with E-state index in [2.05, 4.69) is 21.7 Å². The highest BCUT2D eigenvalue weighted by atomic mass is 16.4. The number of fused-ring (bicyclic) bond motifs is 1. The Hall–Kier alpha value is -2.30. The number of hydrogen-bond donors (Lipinski definition) is 2. The second-order valence-corrected chi connectivity index (χ2v) is 5.01. The van der Waals surface area contributed by atoms with E-state index in [1.165, 1.54) is 5.56 Å². The Morgan fingerprint density at radius 1 is 1.50 bits per heavy atom. The predicted octanol–water partition coefficient (Wildman–Crippen LogP) is 2.20. The Labute approximate surface area is 117 Å². The first-order chi connectivity index (χ1) is 9.72. The van der Waals surface area contributed by atoms with Crippen LogP contribution in [0.1, 0.15) is 29.6 Å². The molecule has 2 heterocycles. The van der Waals surface area contributed by atoms with E-state index in [1.807, 2.05) is 25.1 Å². The predicted molar refractivity (Wildman–Crippen MR) is 75.4 cm³/mol. The number of aryl methyl sites for hydroxylation is 1. The van der Waals surface area contributed by atoms with E-state index >= 15 is 0 Å². The lowest BCUT2D eigenvalue weighted by molar-refractivity contribution is -0.121. The van der Waals surface area contributed by atoms with Crippen molar-refractivity contribution in [2.45, 2.75) is 25.8 Å². The van der Waals surface area contributed by atoms with Gasteiger partial charge in [-0.05, 0) is 18.6 Å². The molecule has 1 unspecified atom stereocenters. The highest BCUT2D eigenvalue weighted by molar-refractivity contribution is 5.78. The van der Waals surface area contributed by atoms with Gasteiger partial charge < -0.3 is 15.1 Å². The van der Waals surface area contributed by atoms with Crippen molar-refractivity contribution in [2.24, 2.45) is 0 Å². The van der Waals surface area contributed by atoms with E-state index in [0.717, 1.165) is 18.0 Å². The van der Waals surface area contributed by atoms with Crippen molar-refractivity contribution in [1.82, 2.24) is 10.3 Å². The molecule has 1 aromatic carbocycles. The van der Waals surface area contributed by atoms with Crippen molar-refractivity contribution in [3.8, 4) is 0 Å². The number of rotatable bonds is 4. The van der Waals surface area contributed by atoms with Crippen molar-refractivity contribution < 1.29 is 9.21 Å². The fraction of sp³-hybridized carbons (Fsp3) is 0.333. The van der Waals surface area contributed by atoms with Gasteiger partial charge in [0.1, 0.15) is 5.76 Å². The van der Waals surface area contributed by atoms with Crippen LogP contribution in [-0.4, -0.2) is 17.4 Å². The molecular weight excluding hydrogens is 254 g/mol. The van der Waals surface area contributed by atoms with E-state index in [0.29, 0.717) is 18.9 Å².